The summed E-state index contributed by atoms with van der Waals surface area (Å²) in [6, 6.07) is 16.9. The number of nitrogens with zero attached hydrogens (tertiary/aromatic N) is 5. The van der Waals surface area contributed by atoms with Crippen LogP contribution < -0.4 is 9.64 Å². The quantitative estimate of drug-likeness (QED) is 0.568. The Morgan fingerprint density at radius 3 is 3.00 bits per heavy atom. The smallest absolute Gasteiger partial charge is 0.256 e. The van der Waals surface area contributed by atoms with Gasteiger partial charge in [0.25, 0.3) is 5.78 Å². The zero-order valence-electron chi connectivity index (χ0n) is 14.3. The molecule has 0 radical (unpaired) electrons. The van der Waals surface area contributed by atoms with E-state index in [-0.39, 0.29) is 0 Å². The molecule has 5 rings (SSSR count). The van der Waals surface area contributed by atoms with Crippen molar-refractivity contribution in [3.8, 4) is 5.75 Å². The summed E-state index contributed by atoms with van der Waals surface area (Å²) in [4.78, 5) is 6.64. The first kappa shape index (κ1) is 15.1. The Balaban J connectivity index is 1.40. The first-order chi connectivity index (χ1) is 12.9. The second-order valence-electron chi connectivity index (χ2n) is 6.58. The second kappa shape index (κ2) is 6.29. The van der Waals surface area contributed by atoms with Crippen molar-refractivity contribution >= 4 is 22.4 Å². The van der Waals surface area contributed by atoms with Gasteiger partial charge >= 0.3 is 0 Å². The second-order valence-corrected chi connectivity index (χ2v) is 6.58. The van der Waals surface area contributed by atoms with Crippen molar-refractivity contribution in [3.63, 3.8) is 0 Å². The van der Waals surface area contributed by atoms with Gasteiger partial charge in [-0.1, -0.05) is 36.4 Å². The third-order valence-electron chi connectivity index (χ3n) is 5.04. The molecule has 1 saturated heterocycles. The lowest BCUT2D eigenvalue weighted by molar-refractivity contribution is 0.291. The van der Waals surface area contributed by atoms with Crippen LogP contribution in [0.25, 0.3) is 16.6 Å². The maximum atomic E-state index is 6.25. The molecule has 2 aromatic heterocycles. The molecule has 0 aliphatic carbocycles. The molecular formula is C20H19N5O. The highest BCUT2D eigenvalue weighted by Gasteiger charge is 2.27. The number of ether oxygens (including phenoxy) is 1. The lowest BCUT2D eigenvalue weighted by atomic mass is 10.1. The number of hydrogen-bond acceptors (Lipinski definition) is 5. The van der Waals surface area contributed by atoms with E-state index in [4.69, 9.17) is 4.74 Å². The van der Waals surface area contributed by atoms with Crippen LogP contribution in [0.4, 0.5) is 5.82 Å². The first-order valence-corrected chi connectivity index (χ1v) is 8.92. The van der Waals surface area contributed by atoms with Crippen LogP contribution in [-0.4, -0.2) is 38.8 Å². The van der Waals surface area contributed by atoms with Crippen LogP contribution in [0.2, 0.25) is 0 Å². The van der Waals surface area contributed by atoms with E-state index in [1.807, 2.05) is 22.6 Å². The van der Waals surface area contributed by atoms with Gasteiger partial charge in [0.05, 0.1) is 6.04 Å². The summed E-state index contributed by atoms with van der Waals surface area (Å²) in [5.41, 5.74) is 0. The predicted octanol–water partition coefficient (Wildman–Crippen LogP) is 3.33. The minimum atomic E-state index is 0.321. The topological polar surface area (TPSA) is 55.5 Å². The van der Waals surface area contributed by atoms with Crippen molar-refractivity contribution in [2.75, 3.05) is 18.1 Å². The zero-order valence-corrected chi connectivity index (χ0v) is 14.3. The Hall–Kier alpha value is -3.15. The van der Waals surface area contributed by atoms with Crippen LogP contribution in [0.5, 0.6) is 5.75 Å². The molecule has 1 aliphatic rings. The molecule has 26 heavy (non-hydrogen) atoms. The summed E-state index contributed by atoms with van der Waals surface area (Å²) in [5.74, 6) is 2.64. The Morgan fingerprint density at radius 2 is 2.00 bits per heavy atom. The Labute approximate surface area is 151 Å². The summed E-state index contributed by atoms with van der Waals surface area (Å²) in [7, 11) is 0. The van der Waals surface area contributed by atoms with Gasteiger partial charge in [0.1, 0.15) is 24.5 Å². The normalized spacial score (nSPS) is 17.2. The van der Waals surface area contributed by atoms with Gasteiger partial charge in [-0.3, -0.25) is 4.40 Å². The molecule has 2 aromatic carbocycles. The molecule has 6 heteroatoms. The molecular weight excluding hydrogens is 326 g/mol. The Morgan fingerprint density at radius 1 is 1.08 bits per heavy atom. The predicted molar refractivity (Wildman–Crippen MR) is 101 cm³/mol. The molecule has 1 atom stereocenters. The molecule has 1 fully saturated rings. The lowest BCUT2D eigenvalue weighted by Gasteiger charge is -2.27. The van der Waals surface area contributed by atoms with Gasteiger partial charge in [0.2, 0.25) is 0 Å². The molecule has 0 N–H and O–H groups in total. The van der Waals surface area contributed by atoms with E-state index in [0.717, 1.165) is 36.3 Å². The van der Waals surface area contributed by atoms with Crippen LogP contribution >= 0.6 is 0 Å². The van der Waals surface area contributed by atoms with Gasteiger partial charge in [0, 0.05) is 18.1 Å². The number of hydrogen-bond donors (Lipinski definition) is 0. The van der Waals surface area contributed by atoms with Crippen molar-refractivity contribution < 1.29 is 4.74 Å². The summed E-state index contributed by atoms with van der Waals surface area (Å²) >= 11 is 0. The Bertz CT molecular complexity index is 1050. The average Bonchev–Trinajstić information content (AvgIpc) is 3.35. The van der Waals surface area contributed by atoms with Crippen molar-refractivity contribution in [3.05, 3.63) is 61.1 Å². The standard InChI is InChI=1S/C20H19N5O/c1-2-8-17-15(5-1)6-3-9-18(17)26-13-16-7-4-12-24(16)19-10-11-21-20-23-22-14-25(19)20/h1-3,5-6,8-11,14,16H,4,7,12-13H2. The summed E-state index contributed by atoms with van der Waals surface area (Å²) in [5, 5.41) is 10.4. The number of fused-ring (bicyclic) bond motifs is 2. The van der Waals surface area contributed by atoms with E-state index in [2.05, 4.69) is 50.4 Å². The molecule has 130 valence electrons. The maximum absolute atomic E-state index is 6.25. The molecule has 0 amide bonds. The maximum Gasteiger partial charge on any atom is 0.256 e. The minimum Gasteiger partial charge on any atom is -0.491 e. The average molecular weight is 345 g/mol. The minimum absolute atomic E-state index is 0.321. The number of aromatic nitrogens is 4. The van der Waals surface area contributed by atoms with E-state index >= 15 is 0 Å². The zero-order chi connectivity index (χ0) is 17.3. The van der Waals surface area contributed by atoms with E-state index in [1.54, 1.807) is 12.5 Å². The van der Waals surface area contributed by atoms with Gasteiger partial charge in [-0.2, -0.15) is 0 Å². The highest BCUT2D eigenvalue weighted by molar-refractivity contribution is 5.88. The summed E-state index contributed by atoms with van der Waals surface area (Å²) in [6.07, 6.45) is 5.77. The van der Waals surface area contributed by atoms with Crippen molar-refractivity contribution in [2.45, 2.75) is 18.9 Å². The number of anilines is 1. The molecule has 0 bridgehead atoms. The summed E-state index contributed by atoms with van der Waals surface area (Å²) < 4.78 is 8.19. The fraction of sp³-hybridized carbons (Fsp3) is 0.250. The van der Waals surface area contributed by atoms with Crippen LogP contribution in [0.3, 0.4) is 0 Å². The van der Waals surface area contributed by atoms with Crippen LogP contribution in [-0.2, 0) is 0 Å². The third-order valence-corrected chi connectivity index (χ3v) is 5.04. The van der Waals surface area contributed by atoms with Crippen LogP contribution in [0, 0.1) is 0 Å². The molecule has 0 saturated carbocycles. The van der Waals surface area contributed by atoms with Gasteiger partial charge in [-0.25, -0.2) is 4.98 Å². The summed E-state index contributed by atoms with van der Waals surface area (Å²) in [6.45, 7) is 1.65. The van der Waals surface area contributed by atoms with E-state index < -0.39 is 0 Å². The van der Waals surface area contributed by atoms with E-state index in [9.17, 15) is 0 Å². The lowest BCUT2D eigenvalue weighted by Crippen LogP contribution is -2.35. The van der Waals surface area contributed by atoms with Crippen LogP contribution in [0.15, 0.2) is 61.1 Å². The van der Waals surface area contributed by atoms with Crippen molar-refractivity contribution in [2.24, 2.45) is 0 Å². The van der Waals surface area contributed by atoms with Crippen molar-refractivity contribution in [1.29, 1.82) is 0 Å². The largest absolute Gasteiger partial charge is 0.491 e. The molecule has 3 heterocycles. The highest BCUT2D eigenvalue weighted by Crippen LogP contribution is 2.29. The fourth-order valence-electron chi connectivity index (χ4n) is 3.78. The number of rotatable bonds is 4. The van der Waals surface area contributed by atoms with Crippen molar-refractivity contribution in [1.82, 2.24) is 19.6 Å². The SMILES string of the molecule is c1ccc2c(OCC3CCCN3c3ccnc4nncn34)cccc2c1. The monoisotopic (exact) mass is 345 g/mol. The molecule has 0 spiro atoms. The highest BCUT2D eigenvalue weighted by atomic mass is 16.5. The van der Waals surface area contributed by atoms with E-state index in [0.29, 0.717) is 18.4 Å². The van der Waals surface area contributed by atoms with Gasteiger partial charge in [-0.15, -0.1) is 10.2 Å². The fourth-order valence-corrected chi connectivity index (χ4v) is 3.78. The first-order valence-electron chi connectivity index (χ1n) is 8.92. The van der Waals surface area contributed by atoms with Gasteiger partial charge in [0.15, 0.2) is 0 Å². The molecule has 1 unspecified atom stereocenters. The Kier molecular flexibility index (Phi) is 3.66. The van der Waals surface area contributed by atoms with Gasteiger partial charge < -0.3 is 9.64 Å². The molecule has 4 aromatic rings. The van der Waals surface area contributed by atoms with Crippen LogP contribution in [0.1, 0.15) is 12.8 Å². The van der Waals surface area contributed by atoms with E-state index in [1.165, 1.54) is 5.39 Å². The van der Waals surface area contributed by atoms with Gasteiger partial charge in [-0.05, 0) is 30.4 Å². The third kappa shape index (κ3) is 2.54. The molecule has 1 aliphatic heterocycles. The molecule has 6 nitrogen and oxygen atoms in total. The number of benzene rings is 2.